The number of nitrogens with zero attached hydrogens (tertiary/aromatic N) is 4. The average Bonchev–Trinajstić information content (AvgIpc) is 3.59. The van der Waals surface area contributed by atoms with E-state index in [2.05, 4.69) is 4.90 Å². The Hall–Kier alpha value is -2.54. The van der Waals surface area contributed by atoms with Gasteiger partial charge in [0, 0.05) is 42.5 Å². The van der Waals surface area contributed by atoms with Gasteiger partial charge < -0.3 is 9.80 Å². The molecule has 3 heterocycles. The standard InChI is InChI=1S/C24H25FN4OS/c25-17-9-7-16(8-10-17)24(30)29-13-11-28(12-14-29)22-20-18-3-1-2-4-19(18)31-23(20)27-21(26-22)15-5-6-15/h7-10,15H,1-6,11-14H2. The van der Waals surface area contributed by atoms with Gasteiger partial charge in [-0.3, -0.25) is 4.79 Å². The molecule has 1 amide bonds. The van der Waals surface area contributed by atoms with Crippen molar-refractivity contribution in [3.8, 4) is 0 Å². The predicted octanol–water partition coefficient (Wildman–Crippen LogP) is 4.55. The second-order valence-electron chi connectivity index (χ2n) is 8.86. The Bertz CT molecular complexity index is 1150. The van der Waals surface area contributed by atoms with Crippen molar-refractivity contribution in [1.29, 1.82) is 0 Å². The molecule has 2 aliphatic carbocycles. The van der Waals surface area contributed by atoms with Crippen molar-refractivity contribution in [3.63, 3.8) is 0 Å². The zero-order valence-corrected chi connectivity index (χ0v) is 18.3. The lowest BCUT2D eigenvalue weighted by Crippen LogP contribution is -2.49. The molecule has 3 aromatic rings. The van der Waals surface area contributed by atoms with Gasteiger partial charge in [0.05, 0.1) is 5.39 Å². The number of aromatic nitrogens is 2. The average molecular weight is 437 g/mol. The summed E-state index contributed by atoms with van der Waals surface area (Å²) in [6, 6.07) is 5.83. The molecule has 0 radical (unpaired) electrons. The van der Waals surface area contributed by atoms with Crippen LogP contribution in [0.5, 0.6) is 0 Å². The van der Waals surface area contributed by atoms with Gasteiger partial charge in [0.2, 0.25) is 0 Å². The molecule has 31 heavy (non-hydrogen) atoms. The number of hydrogen-bond donors (Lipinski definition) is 0. The molecule has 5 nitrogen and oxygen atoms in total. The maximum atomic E-state index is 13.2. The predicted molar refractivity (Wildman–Crippen MR) is 121 cm³/mol. The summed E-state index contributed by atoms with van der Waals surface area (Å²) in [7, 11) is 0. The second kappa shape index (κ2) is 7.55. The number of fused-ring (bicyclic) bond motifs is 3. The Morgan fingerprint density at radius 3 is 2.48 bits per heavy atom. The Labute approximate surface area is 184 Å². The number of hydrogen-bond acceptors (Lipinski definition) is 5. The van der Waals surface area contributed by atoms with E-state index in [0.717, 1.165) is 42.4 Å². The molecule has 3 aliphatic rings. The van der Waals surface area contributed by atoms with Gasteiger partial charge in [-0.2, -0.15) is 0 Å². The van der Waals surface area contributed by atoms with E-state index < -0.39 is 0 Å². The third-order valence-corrected chi connectivity index (χ3v) is 7.90. The minimum atomic E-state index is -0.320. The molecule has 1 aromatic carbocycles. The lowest BCUT2D eigenvalue weighted by Gasteiger charge is -2.36. The van der Waals surface area contributed by atoms with E-state index >= 15 is 0 Å². The number of amides is 1. The monoisotopic (exact) mass is 436 g/mol. The van der Waals surface area contributed by atoms with Crippen molar-refractivity contribution in [2.75, 3.05) is 31.1 Å². The van der Waals surface area contributed by atoms with Crippen LogP contribution in [0.1, 0.15) is 58.2 Å². The van der Waals surface area contributed by atoms with Crippen molar-refractivity contribution >= 4 is 33.3 Å². The summed E-state index contributed by atoms with van der Waals surface area (Å²) in [6.45, 7) is 2.81. The number of benzene rings is 1. The lowest BCUT2D eigenvalue weighted by atomic mass is 9.97. The maximum absolute atomic E-state index is 13.2. The van der Waals surface area contributed by atoms with E-state index in [1.54, 1.807) is 12.1 Å². The van der Waals surface area contributed by atoms with Crippen molar-refractivity contribution in [1.82, 2.24) is 14.9 Å². The molecule has 0 N–H and O–H groups in total. The SMILES string of the molecule is O=C(c1ccc(F)cc1)N1CCN(c2nc(C3CC3)nc3sc4c(c23)CCCC4)CC1. The van der Waals surface area contributed by atoms with Crippen molar-refractivity contribution < 1.29 is 9.18 Å². The van der Waals surface area contributed by atoms with Crippen LogP contribution in [0.4, 0.5) is 10.2 Å². The zero-order chi connectivity index (χ0) is 20.9. The molecule has 2 fully saturated rings. The second-order valence-corrected chi connectivity index (χ2v) is 9.94. The molecular weight excluding hydrogens is 411 g/mol. The molecule has 7 heteroatoms. The smallest absolute Gasteiger partial charge is 0.253 e. The van der Waals surface area contributed by atoms with Gasteiger partial charge >= 0.3 is 0 Å². The van der Waals surface area contributed by atoms with Gasteiger partial charge in [0.15, 0.2) is 0 Å². The van der Waals surface area contributed by atoms with E-state index in [0.29, 0.717) is 24.6 Å². The molecule has 160 valence electrons. The summed E-state index contributed by atoms with van der Waals surface area (Å²) in [5.74, 6) is 2.26. The van der Waals surface area contributed by atoms with Gasteiger partial charge in [0.25, 0.3) is 5.91 Å². The highest BCUT2D eigenvalue weighted by Crippen LogP contribution is 2.44. The topological polar surface area (TPSA) is 49.3 Å². The molecule has 1 saturated heterocycles. The number of halogens is 1. The van der Waals surface area contributed by atoms with E-state index in [-0.39, 0.29) is 11.7 Å². The Morgan fingerprint density at radius 1 is 1.00 bits per heavy atom. The van der Waals surface area contributed by atoms with E-state index in [1.807, 2.05) is 16.2 Å². The number of carbonyl (C=O) groups is 1. The van der Waals surface area contributed by atoms with Gasteiger partial charge in [-0.15, -0.1) is 11.3 Å². The van der Waals surface area contributed by atoms with Crippen LogP contribution in [0.2, 0.25) is 0 Å². The zero-order valence-electron chi connectivity index (χ0n) is 17.4. The van der Waals surface area contributed by atoms with Crippen LogP contribution in [-0.4, -0.2) is 47.0 Å². The van der Waals surface area contributed by atoms with Crippen LogP contribution in [-0.2, 0) is 12.8 Å². The van der Waals surface area contributed by atoms with Crippen molar-refractivity contribution in [2.45, 2.75) is 44.4 Å². The van der Waals surface area contributed by atoms with E-state index in [4.69, 9.17) is 9.97 Å². The molecule has 1 saturated carbocycles. The van der Waals surface area contributed by atoms with Crippen LogP contribution < -0.4 is 4.90 Å². The lowest BCUT2D eigenvalue weighted by molar-refractivity contribution is 0.0746. The van der Waals surface area contributed by atoms with E-state index in [9.17, 15) is 9.18 Å². The van der Waals surface area contributed by atoms with Crippen LogP contribution in [0.15, 0.2) is 24.3 Å². The Morgan fingerprint density at radius 2 is 1.74 bits per heavy atom. The molecule has 0 unspecified atom stereocenters. The van der Waals surface area contributed by atoms with Gasteiger partial charge in [-0.25, -0.2) is 14.4 Å². The summed E-state index contributed by atoms with van der Waals surface area (Å²) < 4.78 is 13.2. The fourth-order valence-electron chi connectivity index (χ4n) is 4.80. The number of piperazine rings is 1. The highest BCUT2D eigenvalue weighted by atomic mass is 32.1. The maximum Gasteiger partial charge on any atom is 0.253 e. The summed E-state index contributed by atoms with van der Waals surface area (Å²) in [5, 5.41) is 1.27. The summed E-state index contributed by atoms with van der Waals surface area (Å²) in [5.41, 5.74) is 2.01. The van der Waals surface area contributed by atoms with E-state index in [1.165, 1.54) is 53.6 Å². The molecule has 1 aliphatic heterocycles. The molecule has 0 spiro atoms. The minimum Gasteiger partial charge on any atom is -0.352 e. The minimum absolute atomic E-state index is 0.0286. The highest BCUT2D eigenvalue weighted by Gasteiger charge is 2.32. The molecule has 2 aromatic heterocycles. The van der Waals surface area contributed by atoms with Crippen LogP contribution in [0.3, 0.4) is 0 Å². The number of carbonyl (C=O) groups excluding carboxylic acids is 1. The largest absolute Gasteiger partial charge is 0.352 e. The normalized spacial score (nSPS) is 19.0. The van der Waals surface area contributed by atoms with Crippen LogP contribution in [0, 0.1) is 5.82 Å². The van der Waals surface area contributed by atoms with Crippen LogP contribution >= 0.6 is 11.3 Å². The first kappa shape index (κ1) is 19.2. The molecule has 6 rings (SSSR count). The fraction of sp³-hybridized carbons (Fsp3) is 0.458. The highest BCUT2D eigenvalue weighted by molar-refractivity contribution is 7.19. The summed E-state index contributed by atoms with van der Waals surface area (Å²) in [4.78, 5) is 29.8. The van der Waals surface area contributed by atoms with Gasteiger partial charge in [-0.05, 0) is 68.4 Å². The summed E-state index contributed by atoms with van der Waals surface area (Å²) in [6.07, 6.45) is 7.17. The van der Waals surface area contributed by atoms with Crippen LogP contribution in [0.25, 0.3) is 10.2 Å². The first-order chi connectivity index (χ1) is 15.2. The first-order valence-electron chi connectivity index (χ1n) is 11.3. The quantitative estimate of drug-likeness (QED) is 0.605. The van der Waals surface area contributed by atoms with Crippen molar-refractivity contribution in [3.05, 3.63) is 51.9 Å². The third-order valence-electron chi connectivity index (χ3n) is 6.71. The Balaban J connectivity index is 1.29. The van der Waals surface area contributed by atoms with Gasteiger partial charge in [0.1, 0.15) is 22.3 Å². The summed E-state index contributed by atoms with van der Waals surface area (Å²) >= 11 is 1.87. The molecule has 0 atom stereocenters. The number of thiophene rings is 1. The first-order valence-corrected chi connectivity index (χ1v) is 12.1. The fourth-order valence-corrected chi connectivity index (χ4v) is 6.07. The number of rotatable bonds is 3. The number of anilines is 1. The third kappa shape index (κ3) is 3.49. The molecular formula is C24H25FN4OS. The number of aryl methyl sites for hydroxylation is 2. The van der Waals surface area contributed by atoms with Gasteiger partial charge in [-0.1, -0.05) is 0 Å². The Kier molecular flexibility index (Phi) is 4.67. The molecule has 0 bridgehead atoms. The van der Waals surface area contributed by atoms with Crippen molar-refractivity contribution in [2.24, 2.45) is 0 Å².